The Kier molecular flexibility index (Phi) is 4.55. The van der Waals surface area contributed by atoms with Crippen molar-refractivity contribution in [3.05, 3.63) is 29.0 Å². The van der Waals surface area contributed by atoms with Gasteiger partial charge in [0.2, 0.25) is 0 Å². The lowest BCUT2D eigenvalue weighted by atomic mass is 10.2. The fraction of sp³-hybridized carbons (Fsp3) is 0.333. The lowest BCUT2D eigenvalue weighted by Crippen LogP contribution is -2.11. The number of nitrogens with zero attached hydrogens (tertiary/aromatic N) is 3. The predicted octanol–water partition coefficient (Wildman–Crippen LogP) is 3.32. The van der Waals surface area contributed by atoms with Crippen molar-refractivity contribution in [2.24, 2.45) is 5.92 Å². The average molecular weight is 352 g/mol. The molecule has 0 spiro atoms. The maximum Gasteiger partial charge on any atom is 0.296 e. The highest BCUT2D eigenvalue weighted by Gasteiger charge is 2.24. The zero-order chi connectivity index (χ0) is 15.8. The maximum absolute atomic E-state index is 13.2. The van der Waals surface area contributed by atoms with Crippen molar-refractivity contribution in [3.8, 4) is 11.4 Å². The van der Waals surface area contributed by atoms with E-state index >= 15 is 0 Å². The fourth-order valence-corrected chi connectivity index (χ4v) is 2.93. The van der Waals surface area contributed by atoms with E-state index in [2.05, 4.69) is 10.2 Å². The van der Waals surface area contributed by atoms with Crippen molar-refractivity contribution in [1.29, 1.82) is 0 Å². The third-order valence-electron chi connectivity index (χ3n) is 2.66. The summed E-state index contributed by atoms with van der Waals surface area (Å²) < 4.78 is 37.7. The van der Waals surface area contributed by atoms with Gasteiger partial charge in [-0.1, -0.05) is 25.4 Å². The number of aromatic nitrogens is 3. The van der Waals surface area contributed by atoms with Gasteiger partial charge in [0, 0.05) is 22.8 Å². The third kappa shape index (κ3) is 3.53. The van der Waals surface area contributed by atoms with E-state index in [4.69, 9.17) is 22.3 Å². The van der Waals surface area contributed by atoms with Gasteiger partial charge in [0.15, 0.2) is 5.82 Å². The van der Waals surface area contributed by atoms with Crippen molar-refractivity contribution in [2.45, 2.75) is 25.5 Å². The average Bonchev–Trinajstić information content (AvgIpc) is 2.75. The molecular formula is C12H12Cl2FN3O2S. The fourth-order valence-electron chi connectivity index (χ4n) is 1.85. The first-order valence-electron chi connectivity index (χ1n) is 6.03. The van der Waals surface area contributed by atoms with E-state index in [1.54, 1.807) is 0 Å². The van der Waals surface area contributed by atoms with Crippen molar-refractivity contribution < 1.29 is 12.8 Å². The summed E-state index contributed by atoms with van der Waals surface area (Å²) >= 11 is 5.74. The van der Waals surface area contributed by atoms with Crippen LogP contribution in [0.2, 0.25) is 5.02 Å². The van der Waals surface area contributed by atoms with Crippen LogP contribution >= 0.6 is 22.3 Å². The minimum absolute atomic E-state index is 0.0816. The molecule has 0 aliphatic carbocycles. The van der Waals surface area contributed by atoms with Gasteiger partial charge < -0.3 is 0 Å². The van der Waals surface area contributed by atoms with Crippen LogP contribution in [0.5, 0.6) is 0 Å². The molecule has 0 unspecified atom stereocenters. The summed E-state index contributed by atoms with van der Waals surface area (Å²) in [7, 11) is 1.34. The molecule has 0 bridgehead atoms. The molecule has 2 aromatic rings. The van der Waals surface area contributed by atoms with Crippen LogP contribution in [0.25, 0.3) is 11.4 Å². The lowest BCUT2D eigenvalue weighted by Gasteiger charge is -2.11. The quantitative estimate of drug-likeness (QED) is 0.792. The monoisotopic (exact) mass is 351 g/mol. The first-order valence-corrected chi connectivity index (χ1v) is 8.72. The molecular weight excluding hydrogens is 340 g/mol. The summed E-state index contributed by atoms with van der Waals surface area (Å²) in [6, 6.07) is 4.00. The van der Waals surface area contributed by atoms with Crippen LogP contribution in [-0.2, 0) is 15.6 Å². The van der Waals surface area contributed by atoms with E-state index in [9.17, 15) is 12.8 Å². The summed E-state index contributed by atoms with van der Waals surface area (Å²) in [5.74, 6) is -0.168. The summed E-state index contributed by atoms with van der Waals surface area (Å²) in [5, 5.41) is 7.05. The van der Waals surface area contributed by atoms with E-state index < -0.39 is 14.9 Å². The van der Waals surface area contributed by atoms with Crippen molar-refractivity contribution in [2.75, 3.05) is 0 Å². The molecule has 0 aliphatic heterocycles. The Morgan fingerprint density at radius 2 is 2.00 bits per heavy atom. The molecule has 21 heavy (non-hydrogen) atoms. The number of halogens is 3. The normalized spacial score (nSPS) is 12.1. The molecule has 0 radical (unpaired) electrons. The Morgan fingerprint density at radius 1 is 1.33 bits per heavy atom. The van der Waals surface area contributed by atoms with Gasteiger partial charge in [-0.05, 0) is 24.1 Å². The van der Waals surface area contributed by atoms with E-state index in [1.807, 2.05) is 13.8 Å². The molecule has 1 heterocycles. The zero-order valence-corrected chi connectivity index (χ0v) is 13.5. The van der Waals surface area contributed by atoms with E-state index in [-0.39, 0.29) is 21.9 Å². The molecule has 0 amide bonds. The van der Waals surface area contributed by atoms with E-state index in [1.165, 1.54) is 22.8 Å². The molecule has 0 saturated heterocycles. The number of hydrogen-bond donors (Lipinski definition) is 0. The van der Waals surface area contributed by atoms with Gasteiger partial charge in [0.25, 0.3) is 14.2 Å². The molecule has 5 nitrogen and oxygen atoms in total. The van der Waals surface area contributed by atoms with Crippen molar-refractivity contribution in [3.63, 3.8) is 0 Å². The highest BCUT2D eigenvalue weighted by atomic mass is 35.7. The van der Waals surface area contributed by atoms with Crippen LogP contribution < -0.4 is 0 Å². The van der Waals surface area contributed by atoms with Gasteiger partial charge in [0.1, 0.15) is 5.82 Å². The maximum atomic E-state index is 13.2. The molecule has 9 heteroatoms. The zero-order valence-electron chi connectivity index (χ0n) is 11.2. The minimum Gasteiger partial charge on any atom is -0.297 e. The van der Waals surface area contributed by atoms with Crippen molar-refractivity contribution in [1.82, 2.24) is 14.8 Å². The Hall–Kier alpha value is -1.18. The lowest BCUT2D eigenvalue weighted by molar-refractivity contribution is 0.488. The molecule has 1 aromatic carbocycles. The second-order valence-corrected chi connectivity index (χ2v) is 7.74. The Morgan fingerprint density at radius 3 is 2.52 bits per heavy atom. The summed E-state index contributed by atoms with van der Waals surface area (Å²) in [6.45, 7) is 4.16. The summed E-state index contributed by atoms with van der Waals surface area (Å²) in [5.41, 5.74) is 0.459. The van der Waals surface area contributed by atoms with Crippen LogP contribution in [0.1, 0.15) is 13.8 Å². The number of rotatable bonds is 4. The molecule has 2 rings (SSSR count). The topological polar surface area (TPSA) is 64.8 Å². The van der Waals surface area contributed by atoms with Gasteiger partial charge in [-0.15, -0.1) is 10.2 Å². The van der Waals surface area contributed by atoms with Crippen LogP contribution in [0.15, 0.2) is 23.4 Å². The first kappa shape index (κ1) is 16.2. The smallest absolute Gasteiger partial charge is 0.296 e. The molecule has 0 aliphatic rings. The molecule has 114 valence electrons. The Balaban J connectivity index is 2.63. The Labute approximate surface area is 131 Å². The van der Waals surface area contributed by atoms with Crippen LogP contribution in [-0.4, -0.2) is 23.2 Å². The largest absolute Gasteiger partial charge is 0.297 e. The van der Waals surface area contributed by atoms with E-state index in [0.717, 1.165) is 0 Å². The second kappa shape index (κ2) is 5.90. The minimum atomic E-state index is -4.03. The SMILES string of the molecule is CC(C)Cn1c(-c2ccc(F)c(Cl)c2)nnc1S(=O)(=O)Cl. The highest BCUT2D eigenvalue weighted by molar-refractivity contribution is 8.13. The van der Waals surface area contributed by atoms with Crippen LogP contribution in [0.3, 0.4) is 0 Å². The summed E-state index contributed by atoms with van der Waals surface area (Å²) in [6.07, 6.45) is 0. The third-order valence-corrected chi connectivity index (χ3v) is 4.10. The second-order valence-electron chi connectivity index (χ2n) is 4.88. The summed E-state index contributed by atoms with van der Waals surface area (Å²) in [4.78, 5) is 0. The molecule has 1 aromatic heterocycles. The van der Waals surface area contributed by atoms with Gasteiger partial charge >= 0.3 is 0 Å². The number of hydrogen-bond acceptors (Lipinski definition) is 4. The Bertz CT molecular complexity index is 775. The van der Waals surface area contributed by atoms with Gasteiger partial charge in [-0.2, -0.15) is 0 Å². The van der Waals surface area contributed by atoms with Crippen LogP contribution in [0.4, 0.5) is 4.39 Å². The number of benzene rings is 1. The van der Waals surface area contributed by atoms with Crippen LogP contribution in [0, 0.1) is 11.7 Å². The van der Waals surface area contributed by atoms with E-state index in [0.29, 0.717) is 12.1 Å². The standard InChI is InChI=1S/C12H12Cl2FN3O2S/c1-7(2)6-18-11(16-17-12(18)21(14,19)20)8-3-4-10(15)9(13)5-8/h3-5,7H,6H2,1-2H3. The molecule has 0 N–H and O–H groups in total. The molecule has 0 saturated carbocycles. The first-order chi connectivity index (χ1) is 9.70. The molecule has 0 atom stereocenters. The molecule has 0 fully saturated rings. The highest BCUT2D eigenvalue weighted by Crippen LogP contribution is 2.27. The predicted molar refractivity (Wildman–Crippen MR) is 78.3 cm³/mol. The van der Waals surface area contributed by atoms with Gasteiger partial charge in [0.05, 0.1) is 5.02 Å². The van der Waals surface area contributed by atoms with Gasteiger partial charge in [-0.25, -0.2) is 12.8 Å². The van der Waals surface area contributed by atoms with Crippen molar-refractivity contribution >= 4 is 31.3 Å². The van der Waals surface area contributed by atoms with Gasteiger partial charge in [-0.3, -0.25) is 4.57 Å².